The lowest BCUT2D eigenvalue weighted by Gasteiger charge is -2.06. The molecule has 0 aromatic heterocycles. The molecule has 2 aromatic rings. The molecule has 1 amide bonds. The van der Waals surface area contributed by atoms with Crippen molar-refractivity contribution in [1.29, 1.82) is 5.26 Å². The summed E-state index contributed by atoms with van der Waals surface area (Å²) in [5, 5.41) is 21.5. The molecule has 2 aromatic carbocycles. The Labute approximate surface area is 152 Å². The largest absolute Gasteiger partial charge is 0.504 e. The zero-order valence-electron chi connectivity index (χ0n) is 13.6. The van der Waals surface area contributed by atoms with Crippen LogP contribution < -0.4 is 10.1 Å². The van der Waals surface area contributed by atoms with Crippen LogP contribution in [0.5, 0.6) is 11.5 Å². The Kier molecular flexibility index (Phi) is 6.58. The van der Waals surface area contributed by atoms with Gasteiger partial charge in [0, 0.05) is 10.6 Å². The van der Waals surface area contributed by atoms with Gasteiger partial charge in [-0.15, -0.1) is 0 Å². The summed E-state index contributed by atoms with van der Waals surface area (Å²) in [5.74, 6) is -3.03. The minimum absolute atomic E-state index is 0.119. The normalized spacial score (nSPS) is 11.1. The second-order valence-electron chi connectivity index (χ2n) is 4.96. The van der Waals surface area contributed by atoms with E-state index in [2.05, 4.69) is 5.32 Å². The highest BCUT2D eigenvalue weighted by Gasteiger charge is 2.11. The minimum Gasteiger partial charge on any atom is -0.504 e. The zero-order chi connectivity index (χ0) is 19.1. The monoisotopic (exact) mass is 376 g/mol. The van der Waals surface area contributed by atoms with E-state index in [0.29, 0.717) is 27.9 Å². The van der Waals surface area contributed by atoms with Gasteiger partial charge < -0.3 is 15.2 Å². The number of halogens is 2. The number of nitriles is 1. The molecule has 26 heavy (non-hydrogen) atoms. The number of thioether (sulfide) groups is 1. The lowest BCUT2D eigenvalue weighted by molar-refractivity contribution is -0.112. The molecule has 0 unspecified atom stereocenters. The van der Waals surface area contributed by atoms with Gasteiger partial charge >= 0.3 is 0 Å². The molecule has 0 saturated carbocycles. The molecule has 0 aliphatic heterocycles. The van der Waals surface area contributed by atoms with Crippen molar-refractivity contribution in [3.63, 3.8) is 0 Å². The van der Waals surface area contributed by atoms with Crippen LogP contribution in [-0.4, -0.2) is 23.9 Å². The number of amides is 1. The van der Waals surface area contributed by atoms with Crippen molar-refractivity contribution in [3.05, 3.63) is 53.6 Å². The van der Waals surface area contributed by atoms with Gasteiger partial charge in [-0.2, -0.15) is 14.0 Å². The standard InChI is InChI=1S/C18H14F2N2O3S/c1-25-16-7-2-11(9-15(16)23)8-12(10-21)17(24)22-13-3-5-14(6-4-13)26-18(19)20/h2-9,18,23H,1H3,(H,22,24)/b12-8-. The highest BCUT2D eigenvalue weighted by Crippen LogP contribution is 2.28. The van der Waals surface area contributed by atoms with Crippen LogP contribution in [0.4, 0.5) is 14.5 Å². The first-order chi connectivity index (χ1) is 12.4. The number of hydrogen-bond donors (Lipinski definition) is 2. The molecule has 0 aliphatic rings. The van der Waals surface area contributed by atoms with Crippen molar-refractivity contribution < 1.29 is 23.4 Å². The van der Waals surface area contributed by atoms with Gasteiger partial charge in [0.1, 0.15) is 11.6 Å². The Morgan fingerprint density at radius 1 is 1.31 bits per heavy atom. The van der Waals surface area contributed by atoms with Crippen LogP contribution in [0, 0.1) is 11.3 Å². The Morgan fingerprint density at radius 3 is 2.54 bits per heavy atom. The minimum atomic E-state index is -2.52. The van der Waals surface area contributed by atoms with Gasteiger partial charge in [0.15, 0.2) is 11.5 Å². The Bertz CT molecular complexity index is 862. The third kappa shape index (κ3) is 5.22. The highest BCUT2D eigenvalue weighted by molar-refractivity contribution is 7.99. The van der Waals surface area contributed by atoms with Gasteiger partial charge in [0.2, 0.25) is 0 Å². The van der Waals surface area contributed by atoms with E-state index in [9.17, 15) is 23.9 Å². The first kappa shape index (κ1) is 19.3. The van der Waals surface area contributed by atoms with Crippen LogP contribution >= 0.6 is 11.8 Å². The summed E-state index contributed by atoms with van der Waals surface area (Å²) in [5.41, 5.74) is 0.631. The number of methoxy groups -OCH3 is 1. The maximum absolute atomic E-state index is 12.3. The lowest BCUT2D eigenvalue weighted by Crippen LogP contribution is -2.13. The van der Waals surface area contributed by atoms with E-state index in [1.54, 1.807) is 12.1 Å². The maximum Gasteiger partial charge on any atom is 0.288 e. The molecule has 0 saturated heterocycles. The second-order valence-corrected chi connectivity index (χ2v) is 6.02. The quantitative estimate of drug-likeness (QED) is 0.447. The second kappa shape index (κ2) is 8.87. The van der Waals surface area contributed by atoms with Crippen molar-refractivity contribution in [2.75, 3.05) is 12.4 Å². The summed E-state index contributed by atoms with van der Waals surface area (Å²) in [6.45, 7) is 0. The van der Waals surface area contributed by atoms with Crippen LogP contribution in [0.1, 0.15) is 5.56 Å². The lowest BCUT2D eigenvalue weighted by atomic mass is 10.1. The van der Waals surface area contributed by atoms with Gasteiger partial charge in [-0.1, -0.05) is 17.8 Å². The summed E-state index contributed by atoms with van der Waals surface area (Å²) in [7, 11) is 1.41. The van der Waals surface area contributed by atoms with Gasteiger partial charge in [-0.25, -0.2) is 0 Å². The predicted molar refractivity (Wildman–Crippen MR) is 95.2 cm³/mol. The van der Waals surface area contributed by atoms with Gasteiger partial charge in [0.05, 0.1) is 7.11 Å². The topological polar surface area (TPSA) is 82.3 Å². The fraction of sp³-hybridized carbons (Fsp3) is 0.111. The number of carbonyl (C=O) groups excluding carboxylic acids is 1. The predicted octanol–water partition coefficient (Wildman–Crippen LogP) is 4.26. The van der Waals surface area contributed by atoms with E-state index < -0.39 is 11.7 Å². The molecule has 0 heterocycles. The average molecular weight is 376 g/mol. The van der Waals surface area contributed by atoms with Crippen molar-refractivity contribution in [1.82, 2.24) is 0 Å². The van der Waals surface area contributed by atoms with E-state index in [4.69, 9.17) is 4.74 Å². The fourth-order valence-electron chi connectivity index (χ4n) is 2.03. The molecule has 2 rings (SSSR count). The molecule has 0 spiro atoms. The molecule has 5 nitrogen and oxygen atoms in total. The van der Waals surface area contributed by atoms with Crippen molar-refractivity contribution in [3.8, 4) is 17.6 Å². The number of aromatic hydroxyl groups is 1. The molecule has 0 fully saturated rings. The van der Waals surface area contributed by atoms with E-state index >= 15 is 0 Å². The molecule has 0 bridgehead atoms. The average Bonchev–Trinajstić information content (AvgIpc) is 2.61. The first-order valence-electron chi connectivity index (χ1n) is 7.28. The summed E-state index contributed by atoms with van der Waals surface area (Å²) in [6.07, 6.45) is 1.31. The van der Waals surface area contributed by atoms with Crippen LogP contribution in [0.3, 0.4) is 0 Å². The van der Waals surface area contributed by atoms with Gasteiger partial charge in [-0.3, -0.25) is 4.79 Å². The number of nitrogens with one attached hydrogen (secondary N) is 1. The van der Waals surface area contributed by atoms with Gasteiger partial charge in [0.25, 0.3) is 11.7 Å². The number of ether oxygens (including phenoxy) is 1. The first-order valence-corrected chi connectivity index (χ1v) is 8.16. The summed E-state index contributed by atoms with van der Waals surface area (Å²) in [6, 6.07) is 12.1. The number of alkyl halides is 2. The number of anilines is 1. The summed E-state index contributed by atoms with van der Waals surface area (Å²) in [4.78, 5) is 12.6. The van der Waals surface area contributed by atoms with Gasteiger partial charge in [-0.05, 0) is 48.0 Å². The smallest absolute Gasteiger partial charge is 0.288 e. The number of carbonyl (C=O) groups is 1. The number of phenols is 1. The SMILES string of the molecule is COc1ccc(/C=C(/C#N)C(=O)Nc2ccc(SC(F)F)cc2)cc1O. The van der Waals surface area contributed by atoms with Crippen molar-refractivity contribution >= 4 is 29.4 Å². The third-order valence-corrected chi connectivity index (χ3v) is 3.94. The van der Waals surface area contributed by atoms with Crippen molar-refractivity contribution in [2.45, 2.75) is 10.7 Å². The molecular weight excluding hydrogens is 362 g/mol. The Balaban J connectivity index is 2.13. The number of phenolic OH excluding ortho intramolecular Hbond substituents is 1. The van der Waals surface area contributed by atoms with Crippen LogP contribution in [0.2, 0.25) is 0 Å². The molecule has 0 atom stereocenters. The third-order valence-electron chi connectivity index (χ3n) is 3.22. The summed E-state index contributed by atoms with van der Waals surface area (Å²) >= 11 is 0.399. The van der Waals surface area contributed by atoms with Crippen LogP contribution in [-0.2, 0) is 4.79 Å². The maximum atomic E-state index is 12.3. The Hall–Kier alpha value is -3.05. The molecule has 0 radical (unpaired) electrons. The fourth-order valence-corrected chi connectivity index (χ4v) is 2.53. The number of nitrogens with zero attached hydrogens (tertiary/aromatic N) is 1. The van der Waals surface area contributed by atoms with E-state index in [-0.39, 0.29) is 17.1 Å². The number of hydrogen-bond acceptors (Lipinski definition) is 5. The van der Waals surface area contributed by atoms with Crippen LogP contribution in [0.25, 0.3) is 6.08 Å². The molecule has 8 heteroatoms. The highest BCUT2D eigenvalue weighted by atomic mass is 32.2. The summed E-state index contributed by atoms with van der Waals surface area (Å²) < 4.78 is 29.5. The molecule has 2 N–H and O–H groups in total. The van der Waals surface area contributed by atoms with E-state index in [1.165, 1.54) is 49.6 Å². The van der Waals surface area contributed by atoms with Crippen LogP contribution in [0.15, 0.2) is 52.9 Å². The number of benzene rings is 2. The van der Waals surface area contributed by atoms with E-state index in [0.717, 1.165) is 0 Å². The molecular formula is C18H14F2N2O3S. The number of rotatable bonds is 6. The van der Waals surface area contributed by atoms with E-state index in [1.807, 2.05) is 0 Å². The Morgan fingerprint density at radius 2 is 2.00 bits per heavy atom. The molecule has 0 aliphatic carbocycles. The zero-order valence-corrected chi connectivity index (χ0v) is 14.4. The van der Waals surface area contributed by atoms with Crippen molar-refractivity contribution in [2.24, 2.45) is 0 Å². The molecule has 134 valence electrons.